The van der Waals surface area contributed by atoms with Crippen LogP contribution in [0.2, 0.25) is 0 Å². The first-order valence-electron chi connectivity index (χ1n) is 3.36. The molecule has 1 rings (SSSR count). The van der Waals surface area contributed by atoms with Crippen LogP contribution in [-0.4, -0.2) is 9.91 Å². The third kappa shape index (κ3) is 1.51. The molecule has 0 spiro atoms. The van der Waals surface area contributed by atoms with Crippen LogP contribution in [0, 0.1) is 10.1 Å². The molecule has 0 amide bonds. The lowest BCUT2D eigenvalue weighted by atomic mass is 10.2. The Hall–Kier alpha value is -1.62. The summed E-state index contributed by atoms with van der Waals surface area (Å²) in [6, 6.07) is 1.02. The van der Waals surface area contributed by atoms with E-state index in [9.17, 15) is 10.1 Å². The number of hydrogen-bond donors (Lipinski definition) is 2. The summed E-state index contributed by atoms with van der Waals surface area (Å²) in [6.07, 6.45) is 2.81. The van der Waals surface area contributed by atoms with Crippen molar-refractivity contribution in [3.8, 4) is 0 Å². The van der Waals surface area contributed by atoms with Crippen LogP contribution in [0.4, 0.5) is 5.69 Å². The van der Waals surface area contributed by atoms with E-state index in [2.05, 4.69) is 11.6 Å². The number of rotatable bonds is 3. The van der Waals surface area contributed by atoms with Gasteiger partial charge in [-0.3, -0.25) is 10.1 Å². The van der Waals surface area contributed by atoms with Gasteiger partial charge in [0.1, 0.15) is 0 Å². The fourth-order valence-electron chi connectivity index (χ4n) is 0.825. The smallest absolute Gasteiger partial charge is 0.287 e. The summed E-state index contributed by atoms with van der Waals surface area (Å²) in [5.41, 5.74) is 6.15. The molecule has 0 fully saturated rings. The van der Waals surface area contributed by atoms with Gasteiger partial charge in [-0.05, 0) is 0 Å². The number of nitrogens with zero attached hydrogens (tertiary/aromatic N) is 1. The summed E-state index contributed by atoms with van der Waals surface area (Å²) in [5, 5.41) is 10.2. The topological polar surface area (TPSA) is 84.9 Å². The molecule has 0 aliphatic heterocycles. The molecule has 0 saturated heterocycles. The molecule has 12 heavy (non-hydrogen) atoms. The fourth-order valence-corrected chi connectivity index (χ4v) is 0.825. The first-order chi connectivity index (χ1) is 5.65. The van der Waals surface area contributed by atoms with Crippen LogP contribution in [0.5, 0.6) is 0 Å². The molecule has 3 N–H and O–H groups in total. The SMILES string of the molecule is C=C[C@H](N)c1cc([N+](=O)[O-])c[nH]1. The minimum Gasteiger partial charge on any atom is -0.358 e. The summed E-state index contributed by atoms with van der Waals surface area (Å²) >= 11 is 0. The van der Waals surface area contributed by atoms with Gasteiger partial charge in [-0.25, -0.2) is 0 Å². The highest BCUT2D eigenvalue weighted by atomic mass is 16.6. The Kier molecular flexibility index (Phi) is 2.25. The van der Waals surface area contributed by atoms with E-state index in [1.54, 1.807) is 0 Å². The minimum absolute atomic E-state index is 0.0160. The van der Waals surface area contributed by atoms with Crippen molar-refractivity contribution in [2.45, 2.75) is 6.04 Å². The molecule has 0 saturated carbocycles. The van der Waals surface area contributed by atoms with Crippen LogP contribution in [0.1, 0.15) is 11.7 Å². The van der Waals surface area contributed by atoms with Gasteiger partial charge in [0, 0.05) is 11.8 Å². The number of nitrogens with two attached hydrogens (primary N) is 1. The van der Waals surface area contributed by atoms with Crippen molar-refractivity contribution in [3.63, 3.8) is 0 Å². The molecule has 5 heteroatoms. The molecular weight excluding hydrogens is 158 g/mol. The van der Waals surface area contributed by atoms with Gasteiger partial charge >= 0.3 is 0 Å². The quantitative estimate of drug-likeness (QED) is 0.401. The zero-order valence-electron chi connectivity index (χ0n) is 6.36. The zero-order chi connectivity index (χ0) is 9.14. The number of nitrogens with one attached hydrogen (secondary N) is 1. The van der Waals surface area contributed by atoms with Gasteiger partial charge in [-0.1, -0.05) is 6.08 Å². The molecular formula is C7H9N3O2. The Morgan fingerprint density at radius 2 is 2.50 bits per heavy atom. The summed E-state index contributed by atoms with van der Waals surface area (Å²) < 4.78 is 0. The Morgan fingerprint density at radius 3 is 2.92 bits per heavy atom. The second-order valence-corrected chi connectivity index (χ2v) is 2.33. The molecule has 0 bridgehead atoms. The Morgan fingerprint density at radius 1 is 1.83 bits per heavy atom. The predicted molar refractivity (Wildman–Crippen MR) is 44.6 cm³/mol. The molecule has 0 aromatic carbocycles. The van der Waals surface area contributed by atoms with Gasteiger partial charge in [0.2, 0.25) is 0 Å². The van der Waals surface area contributed by atoms with Crippen molar-refractivity contribution < 1.29 is 4.92 Å². The molecule has 5 nitrogen and oxygen atoms in total. The number of aromatic amines is 1. The van der Waals surface area contributed by atoms with Crippen molar-refractivity contribution >= 4 is 5.69 Å². The van der Waals surface area contributed by atoms with E-state index in [0.717, 1.165) is 0 Å². The van der Waals surface area contributed by atoms with Gasteiger partial charge in [0.05, 0.1) is 17.2 Å². The van der Waals surface area contributed by atoms with Crippen molar-refractivity contribution in [2.24, 2.45) is 5.73 Å². The number of nitro groups is 1. The van der Waals surface area contributed by atoms with Gasteiger partial charge in [-0.2, -0.15) is 0 Å². The maximum Gasteiger partial charge on any atom is 0.287 e. The first-order valence-corrected chi connectivity index (χ1v) is 3.36. The Bertz CT molecular complexity index is 305. The number of aromatic nitrogens is 1. The van der Waals surface area contributed by atoms with E-state index in [1.165, 1.54) is 18.3 Å². The first kappa shape index (κ1) is 8.48. The maximum absolute atomic E-state index is 10.2. The average Bonchev–Trinajstić information content (AvgIpc) is 2.51. The predicted octanol–water partition coefficient (Wildman–Crippen LogP) is 1.11. The highest BCUT2D eigenvalue weighted by molar-refractivity contribution is 5.32. The van der Waals surface area contributed by atoms with Crippen LogP contribution in [0.25, 0.3) is 0 Å². The van der Waals surface area contributed by atoms with Gasteiger partial charge in [0.25, 0.3) is 5.69 Å². The Labute approximate surface area is 69.0 Å². The largest absolute Gasteiger partial charge is 0.358 e. The van der Waals surface area contributed by atoms with Crippen LogP contribution in [0.3, 0.4) is 0 Å². The van der Waals surface area contributed by atoms with E-state index >= 15 is 0 Å². The third-order valence-corrected chi connectivity index (χ3v) is 1.51. The number of H-pyrrole nitrogens is 1. The molecule has 1 atom stereocenters. The van der Waals surface area contributed by atoms with E-state index in [1.807, 2.05) is 0 Å². The van der Waals surface area contributed by atoms with E-state index in [-0.39, 0.29) is 11.7 Å². The summed E-state index contributed by atoms with van der Waals surface area (Å²) in [5.74, 6) is 0. The number of hydrogen-bond acceptors (Lipinski definition) is 3. The highest BCUT2D eigenvalue weighted by Crippen LogP contribution is 2.16. The lowest BCUT2D eigenvalue weighted by molar-refractivity contribution is -0.384. The van der Waals surface area contributed by atoms with Gasteiger partial charge < -0.3 is 10.7 Å². The third-order valence-electron chi connectivity index (χ3n) is 1.51. The monoisotopic (exact) mass is 167 g/mol. The molecule has 0 radical (unpaired) electrons. The van der Waals surface area contributed by atoms with Crippen LogP contribution >= 0.6 is 0 Å². The summed E-state index contributed by atoms with van der Waals surface area (Å²) in [7, 11) is 0. The van der Waals surface area contributed by atoms with E-state index in [0.29, 0.717) is 5.69 Å². The lowest BCUT2D eigenvalue weighted by Crippen LogP contribution is -2.06. The summed E-state index contributed by atoms with van der Waals surface area (Å²) in [6.45, 7) is 3.48. The van der Waals surface area contributed by atoms with E-state index < -0.39 is 4.92 Å². The molecule has 1 aromatic rings. The molecule has 0 aliphatic carbocycles. The molecule has 1 aromatic heterocycles. The second-order valence-electron chi connectivity index (χ2n) is 2.33. The molecule has 0 unspecified atom stereocenters. The average molecular weight is 167 g/mol. The zero-order valence-corrected chi connectivity index (χ0v) is 6.36. The lowest BCUT2D eigenvalue weighted by Gasteiger charge is -1.99. The molecule has 0 aliphatic rings. The maximum atomic E-state index is 10.2. The van der Waals surface area contributed by atoms with E-state index in [4.69, 9.17) is 5.73 Å². The normalized spacial score (nSPS) is 12.4. The van der Waals surface area contributed by atoms with Gasteiger partial charge in [-0.15, -0.1) is 6.58 Å². The second kappa shape index (κ2) is 3.19. The molecule has 64 valence electrons. The minimum atomic E-state index is -0.476. The molecule has 1 heterocycles. The standard InChI is InChI=1S/C7H9N3O2/c1-2-6(8)7-3-5(4-9-7)10(11)12/h2-4,6,9H,1,8H2/t6-/m0/s1. The highest BCUT2D eigenvalue weighted by Gasteiger charge is 2.11. The van der Waals surface area contributed by atoms with Gasteiger partial charge in [0.15, 0.2) is 0 Å². The van der Waals surface area contributed by atoms with Crippen molar-refractivity contribution in [3.05, 3.63) is 40.7 Å². The van der Waals surface area contributed by atoms with Crippen molar-refractivity contribution in [1.29, 1.82) is 0 Å². The Balaban J connectivity index is 2.91. The van der Waals surface area contributed by atoms with Crippen LogP contribution in [-0.2, 0) is 0 Å². The van der Waals surface area contributed by atoms with Crippen LogP contribution in [0.15, 0.2) is 24.9 Å². The van der Waals surface area contributed by atoms with Crippen molar-refractivity contribution in [2.75, 3.05) is 0 Å². The van der Waals surface area contributed by atoms with Crippen molar-refractivity contribution in [1.82, 2.24) is 4.98 Å². The summed E-state index contributed by atoms with van der Waals surface area (Å²) in [4.78, 5) is 12.5. The van der Waals surface area contributed by atoms with Crippen LogP contribution < -0.4 is 5.73 Å². The fraction of sp³-hybridized carbons (Fsp3) is 0.143.